The van der Waals surface area contributed by atoms with Crippen molar-refractivity contribution in [2.45, 2.75) is 63.6 Å². The molecule has 10 heteroatoms. The first kappa shape index (κ1) is 26.7. The summed E-state index contributed by atoms with van der Waals surface area (Å²) in [7, 11) is 4.31. The first-order chi connectivity index (χ1) is 18.7. The molecule has 0 bridgehead atoms. The maximum absolute atomic E-state index is 13.2. The smallest absolute Gasteiger partial charge is 0.278 e. The SMILES string of the molecule is C=CCn1c(=O)c2cnc(Nc3ccc(C4CCC(N(C)C)CC4)cn3)nc2n1-c1cccc(C(C)(C)O)n1. The molecule has 1 saturated carbocycles. The molecule has 10 nitrogen and oxygen atoms in total. The molecule has 0 amide bonds. The van der Waals surface area contributed by atoms with Gasteiger partial charge in [0.1, 0.15) is 16.8 Å². The molecule has 1 fully saturated rings. The highest BCUT2D eigenvalue weighted by molar-refractivity contribution is 5.76. The fourth-order valence-electron chi connectivity index (χ4n) is 5.25. The molecule has 204 valence electrons. The van der Waals surface area contributed by atoms with Gasteiger partial charge in [-0.25, -0.2) is 24.3 Å². The van der Waals surface area contributed by atoms with E-state index in [1.165, 1.54) is 42.1 Å². The molecule has 1 aliphatic rings. The minimum Gasteiger partial charge on any atom is -0.384 e. The Kier molecular flexibility index (Phi) is 7.33. The lowest BCUT2D eigenvalue weighted by molar-refractivity contribution is 0.0738. The summed E-state index contributed by atoms with van der Waals surface area (Å²) in [6.45, 7) is 7.38. The summed E-state index contributed by atoms with van der Waals surface area (Å²) in [5, 5.41) is 14.0. The summed E-state index contributed by atoms with van der Waals surface area (Å²) < 4.78 is 3.15. The van der Waals surface area contributed by atoms with Crippen LogP contribution in [-0.2, 0) is 12.1 Å². The average Bonchev–Trinajstić information content (AvgIpc) is 3.19. The summed E-state index contributed by atoms with van der Waals surface area (Å²) in [5.41, 5.74) is 0.731. The van der Waals surface area contributed by atoms with Crippen molar-refractivity contribution in [1.29, 1.82) is 0 Å². The fraction of sp³-hybridized carbons (Fsp3) is 0.414. The van der Waals surface area contributed by atoms with Gasteiger partial charge < -0.3 is 15.3 Å². The molecule has 2 N–H and O–H groups in total. The van der Waals surface area contributed by atoms with Crippen molar-refractivity contribution < 1.29 is 5.11 Å². The van der Waals surface area contributed by atoms with E-state index in [9.17, 15) is 9.90 Å². The van der Waals surface area contributed by atoms with Gasteiger partial charge in [-0.15, -0.1) is 6.58 Å². The van der Waals surface area contributed by atoms with Crippen molar-refractivity contribution in [3.8, 4) is 5.82 Å². The van der Waals surface area contributed by atoms with E-state index in [4.69, 9.17) is 0 Å². The van der Waals surface area contributed by atoms with Gasteiger partial charge in [0.25, 0.3) is 5.56 Å². The summed E-state index contributed by atoms with van der Waals surface area (Å²) in [4.78, 5) is 33.8. The van der Waals surface area contributed by atoms with E-state index in [0.29, 0.717) is 46.3 Å². The summed E-state index contributed by atoms with van der Waals surface area (Å²) in [5.74, 6) is 1.93. The number of allylic oxidation sites excluding steroid dienone is 1. The molecule has 0 unspecified atom stereocenters. The predicted octanol–water partition coefficient (Wildman–Crippen LogP) is 4.12. The molecule has 0 saturated heterocycles. The second-order valence-corrected chi connectivity index (χ2v) is 10.9. The van der Waals surface area contributed by atoms with Crippen molar-refractivity contribution in [1.82, 2.24) is 34.2 Å². The van der Waals surface area contributed by atoms with Crippen LogP contribution in [0, 0.1) is 0 Å². The van der Waals surface area contributed by atoms with Crippen LogP contribution in [0.15, 0.2) is 60.2 Å². The minimum atomic E-state index is -1.15. The Hall–Kier alpha value is -3.89. The molecule has 4 aromatic heterocycles. The van der Waals surface area contributed by atoms with Gasteiger partial charge in [-0.05, 0) is 83.3 Å². The first-order valence-corrected chi connectivity index (χ1v) is 13.3. The Morgan fingerprint density at radius 1 is 1.10 bits per heavy atom. The van der Waals surface area contributed by atoms with Gasteiger partial charge in [0.2, 0.25) is 5.95 Å². The zero-order valence-corrected chi connectivity index (χ0v) is 23.0. The molecule has 4 aromatic rings. The van der Waals surface area contributed by atoms with Crippen molar-refractivity contribution in [3.05, 3.63) is 77.0 Å². The van der Waals surface area contributed by atoms with E-state index in [2.05, 4.69) is 56.9 Å². The number of aromatic nitrogens is 6. The average molecular weight is 529 g/mol. The van der Waals surface area contributed by atoms with Crippen LogP contribution in [0.3, 0.4) is 0 Å². The van der Waals surface area contributed by atoms with Crippen LogP contribution in [0.25, 0.3) is 16.9 Å². The van der Waals surface area contributed by atoms with Crippen molar-refractivity contribution >= 4 is 22.8 Å². The number of nitrogens with one attached hydrogen (secondary N) is 1. The summed E-state index contributed by atoms with van der Waals surface area (Å²) in [6.07, 6.45) is 9.82. The van der Waals surface area contributed by atoms with Gasteiger partial charge in [0, 0.05) is 18.4 Å². The maximum Gasteiger partial charge on any atom is 0.278 e. The van der Waals surface area contributed by atoms with Crippen molar-refractivity contribution in [2.24, 2.45) is 0 Å². The lowest BCUT2D eigenvalue weighted by Crippen LogP contribution is -2.31. The molecule has 0 aliphatic heterocycles. The minimum absolute atomic E-state index is 0.252. The number of pyridine rings is 2. The molecule has 0 aromatic carbocycles. The number of aliphatic hydroxyl groups is 1. The summed E-state index contributed by atoms with van der Waals surface area (Å²) in [6, 6.07) is 10.0. The van der Waals surface area contributed by atoms with Crippen LogP contribution < -0.4 is 10.9 Å². The molecular formula is C29H36N8O2. The highest BCUT2D eigenvalue weighted by atomic mass is 16.3. The number of anilines is 2. The molecular weight excluding hydrogens is 492 g/mol. The second-order valence-electron chi connectivity index (χ2n) is 10.9. The third-order valence-corrected chi connectivity index (χ3v) is 7.48. The van der Waals surface area contributed by atoms with Gasteiger partial charge in [-0.2, -0.15) is 4.98 Å². The third-order valence-electron chi connectivity index (χ3n) is 7.48. The molecule has 0 radical (unpaired) electrons. The van der Waals surface area contributed by atoms with E-state index in [-0.39, 0.29) is 12.1 Å². The van der Waals surface area contributed by atoms with Gasteiger partial charge in [-0.1, -0.05) is 18.2 Å². The van der Waals surface area contributed by atoms with E-state index in [1.807, 2.05) is 12.3 Å². The lowest BCUT2D eigenvalue weighted by atomic mass is 9.82. The van der Waals surface area contributed by atoms with Crippen LogP contribution in [0.5, 0.6) is 0 Å². The maximum atomic E-state index is 13.2. The standard InChI is InChI=1S/C29H36N8O2/c1-6-16-36-27(38)22-18-31-28(34-26(22)37(36)25-9-7-8-23(32-25)29(2,3)39)33-24-15-12-20(17-30-24)19-10-13-21(14-11-19)35(4)5/h6-9,12,15,17-19,21,39H,1,10-11,13-14,16H2,2-5H3,(H,30,31,33,34). The van der Waals surface area contributed by atoms with Gasteiger partial charge in [0.05, 0.1) is 12.2 Å². The molecule has 1 aliphatic carbocycles. The van der Waals surface area contributed by atoms with Gasteiger partial charge >= 0.3 is 0 Å². The summed E-state index contributed by atoms with van der Waals surface area (Å²) >= 11 is 0. The molecule has 0 atom stereocenters. The van der Waals surface area contributed by atoms with Gasteiger partial charge in [0.15, 0.2) is 11.5 Å². The number of rotatable bonds is 8. The Balaban J connectivity index is 1.44. The number of hydrogen-bond donors (Lipinski definition) is 2. The quantitative estimate of drug-likeness (QED) is 0.329. The second kappa shape index (κ2) is 10.7. The fourth-order valence-corrected chi connectivity index (χ4v) is 5.25. The third kappa shape index (κ3) is 5.48. The van der Waals surface area contributed by atoms with E-state index in [0.717, 1.165) is 0 Å². The highest BCUT2D eigenvalue weighted by Crippen LogP contribution is 2.34. The van der Waals surface area contributed by atoms with Crippen LogP contribution in [0.4, 0.5) is 11.8 Å². The Morgan fingerprint density at radius 3 is 2.51 bits per heavy atom. The van der Waals surface area contributed by atoms with E-state index < -0.39 is 5.60 Å². The largest absolute Gasteiger partial charge is 0.384 e. The Bertz CT molecular complexity index is 1520. The van der Waals surface area contributed by atoms with Crippen LogP contribution in [0.2, 0.25) is 0 Å². The molecule has 5 rings (SSSR count). The number of hydrogen-bond acceptors (Lipinski definition) is 8. The normalized spacial score (nSPS) is 18.0. The topological polar surface area (TPSA) is 114 Å². The van der Waals surface area contributed by atoms with Crippen molar-refractivity contribution in [3.63, 3.8) is 0 Å². The lowest BCUT2D eigenvalue weighted by Gasteiger charge is -2.32. The zero-order chi connectivity index (χ0) is 27.7. The first-order valence-electron chi connectivity index (χ1n) is 13.3. The monoisotopic (exact) mass is 528 g/mol. The predicted molar refractivity (Wildman–Crippen MR) is 153 cm³/mol. The van der Waals surface area contributed by atoms with Crippen LogP contribution in [0.1, 0.15) is 56.7 Å². The number of nitrogens with zero attached hydrogens (tertiary/aromatic N) is 7. The molecule has 0 spiro atoms. The van der Waals surface area contributed by atoms with Crippen LogP contribution in [-0.4, -0.2) is 59.4 Å². The van der Waals surface area contributed by atoms with Crippen LogP contribution >= 0.6 is 0 Å². The highest BCUT2D eigenvalue weighted by Gasteiger charge is 2.24. The van der Waals surface area contributed by atoms with Gasteiger partial charge in [-0.3, -0.25) is 4.79 Å². The Labute approximate surface area is 228 Å². The Morgan fingerprint density at radius 2 is 1.87 bits per heavy atom. The van der Waals surface area contributed by atoms with E-state index in [1.54, 1.807) is 42.8 Å². The van der Waals surface area contributed by atoms with E-state index >= 15 is 0 Å². The number of fused-ring (bicyclic) bond motifs is 1. The zero-order valence-electron chi connectivity index (χ0n) is 23.0. The molecule has 39 heavy (non-hydrogen) atoms. The van der Waals surface area contributed by atoms with Crippen molar-refractivity contribution in [2.75, 3.05) is 19.4 Å². The molecule has 4 heterocycles.